The molecule has 0 saturated heterocycles. The summed E-state index contributed by atoms with van der Waals surface area (Å²) in [6, 6.07) is 12.7. The van der Waals surface area contributed by atoms with Crippen LogP contribution in [0.2, 0.25) is 5.02 Å². The largest absolute Gasteiger partial charge is 0.493 e. The third-order valence-corrected chi connectivity index (χ3v) is 6.61. The minimum absolute atomic E-state index is 0.0700. The standard InChI is InChI=1S/C28H27ClN2O6/c1-15(32)30-21-11-9-16-13-24(35-2)26(36-3)27(37-4)25(16)17-10-12-22(23(33)14-19(17)21)31-28(34)18-7-5-6-8-20(18)29/h5-8,10,12-14,21H,9,11H2,1-4H3,(H,30,32)(H,31,33,34)/t21-/m0/s1. The van der Waals surface area contributed by atoms with Gasteiger partial charge in [0.25, 0.3) is 5.91 Å². The molecule has 3 aromatic carbocycles. The minimum Gasteiger partial charge on any atom is -0.493 e. The molecule has 1 aliphatic rings. The van der Waals surface area contributed by atoms with Gasteiger partial charge in [-0.15, -0.1) is 0 Å². The first-order chi connectivity index (χ1) is 17.8. The Morgan fingerprint density at radius 2 is 1.70 bits per heavy atom. The molecule has 0 heterocycles. The lowest BCUT2D eigenvalue weighted by Gasteiger charge is -2.19. The molecule has 0 saturated carbocycles. The van der Waals surface area contributed by atoms with Crippen LogP contribution >= 0.6 is 11.6 Å². The Morgan fingerprint density at radius 1 is 0.973 bits per heavy atom. The highest BCUT2D eigenvalue weighted by atomic mass is 35.5. The van der Waals surface area contributed by atoms with E-state index >= 15 is 0 Å². The summed E-state index contributed by atoms with van der Waals surface area (Å²) in [6.07, 6.45) is 1.11. The summed E-state index contributed by atoms with van der Waals surface area (Å²) in [7, 11) is 4.60. The van der Waals surface area contributed by atoms with Crippen molar-refractivity contribution in [2.45, 2.75) is 25.8 Å². The molecule has 8 nitrogen and oxygen atoms in total. The second kappa shape index (κ2) is 10.9. The molecule has 0 fully saturated rings. The molecule has 37 heavy (non-hydrogen) atoms. The van der Waals surface area contributed by atoms with Crippen molar-refractivity contribution >= 4 is 29.1 Å². The van der Waals surface area contributed by atoms with Crippen LogP contribution in [0.3, 0.4) is 0 Å². The van der Waals surface area contributed by atoms with Crippen LogP contribution in [-0.2, 0) is 11.2 Å². The molecule has 0 unspecified atom stereocenters. The van der Waals surface area contributed by atoms with Crippen molar-refractivity contribution < 1.29 is 23.8 Å². The van der Waals surface area contributed by atoms with Gasteiger partial charge in [0.1, 0.15) is 0 Å². The van der Waals surface area contributed by atoms with E-state index in [0.717, 1.165) is 11.1 Å². The number of nitrogens with one attached hydrogen (secondary N) is 2. The highest BCUT2D eigenvalue weighted by molar-refractivity contribution is 6.34. The second-order valence-corrected chi connectivity index (χ2v) is 8.94. The van der Waals surface area contributed by atoms with Gasteiger partial charge in [-0.05, 0) is 59.9 Å². The highest BCUT2D eigenvalue weighted by Crippen LogP contribution is 2.50. The average Bonchev–Trinajstić information content (AvgIpc) is 3.12. The Morgan fingerprint density at radius 3 is 2.35 bits per heavy atom. The third kappa shape index (κ3) is 5.11. The molecule has 9 heteroatoms. The maximum atomic E-state index is 13.3. The molecule has 4 rings (SSSR count). The molecule has 0 bridgehead atoms. The van der Waals surface area contributed by atoms with E-state index in [4.69, 9.17) is 25.8 Å². The van der Waals surface area contributed by atoms with Gasteiger partial charge in [-0.1, -0.05) is 29.8 Å². The number of methoxy groups -OCH3 is 3. The predicted molar refractivity (Wildman–Crippen MR) is 142 cm³/mol. The molecule has 192 valence electrons. The number of anilines is 1. The van der Waals surface area contributed by atoms with E-state index in [0.29, 0.717) is 41.2 Å². The summed E-state index contributed by atoms with van der Waals surface area (Å²) in [5.41, 5.74) is 2.80. The number of rotatable bonds is 6. The molecule has 2 amide bonds. The topological polar surface area (TPSA) is 103 Å². The van der Waals surface area contributed by atoms with Gasteiger partial charge in [-0.3, -0.25) is 14.4 Å². The van der Waals surface area contributed by atoms with Crippen molar-refractivity contribution in [2.24, 2.45) is 0 Å². The quantitative estimate of drug-likeness (QED) is 0.483. The number of hydrogen-bond acceptors (Lipinski definition) is 6. The van der Waals surface area contributed by atoms with Gasteiger partial charge in [0.15, 0.2) is 11.5 Å². The van der Waals surface area contributed by atoms with Gasteiger partial charge in [0.05, 0.1) is 43.6 Å². The van der Waals surface area contributed by atoms with Crippen molar-refractivity contribution in [3.05, 3.63) is 80.5 Å². The van der Waals surface area contributed by atoms with Gasteiger partial charge < -0.3 is 24.8 Å². The van der Waals surface area contributed by atoms with Gasteiger partial charge in [0, 0.05) is 12.5 Å². The van der Waals surface area contributed by atoms with E-state index < -0.39 is 17.4 Å². The van der Waals surface area contributed by atoms with Crippen molar-refractivity contribution in [2.75, 3.05) is 26.6 Å². The smallest absolute Gasteiger partial charge is 0.257 e. The summed E-state index contributed by atoms with van der Waals surface area (Å²) < 4.78 is 16.9. The molecule has 0 radical (unpaired) electrons. The Bertz CT molecular complexity index is 1440. The Hall–Kier alpha value is -4.04. The molecule has 0 aliphatic heterocycles. The maximum Gasteiger partial charge on any atom is 0.257 e. The fourth-order valence-electron chi connectivity index (χ4n) is 4.65. The van der Waals surface area contributed by atoms with E-state index in [-0.39, 0.29) is 22.2 Å². The first-order valence-electron chi connectivity index (χ1n) is 11.6. The number of fused-ring (bicyclic) bond motifs is 3. The van der Waals surface area contributed by atoms with Crippen LogP contribution in [0.1, 0.15) is 40.9 Å². The van der Waals surface area contributed by atoms with Crippen LogP contribution in [0.25, 0.3) is 11.1 Å². The molecule has 0 spiro atoms. The van der Waals surface area contributed by atoms with Crippen molar-refractivity contribution in [3.8, 4) is 28.4 Å². The Kier molecular flexibility index (Phi) is 7.69. The highest BCUT2D eigenvalue weighted by Gasteiger charge is 2.29. The molecule has 1 aliphatic carbocycles. The van der Waals surface area contributed by atoms with Gasteiger partial charge in [0.2, 0.25) is 17.1 Å². The fourth-order valence-corrected chi connectivity index (χ4v) is 4.87. The lowest BCUT2D eigenvalue weighted by molar-refractivity contribution is -0.119. The summed E-state index contributed by atoms with van der Waals surface area (Å²) in [4.78, 5) is 38.3. The molecule has 0 aromatic heterocycles. The normalized spacial score (nSPS) is 13.9. The zero-order valence-corrected chi connectivity index (χ0v) is 21.7. The predicted octanol–water partition coefficient (Wildman–Crippen LogP) is 4.77. The summed E-state index contributed by atoms with van der Waals surface area (Å²) >= 11 is 6.17. The lowest BCUT2D eigenvalue weighted by Crippen LogP contribution is -2.26. The first kappa shape index (κ1) is 26.0. The number of hydrogen-bond donors (Lipinski definition) is 2. The van der Waals surface area contributed by atoms with Crippen molar-refractivity contribution in [3.63, 3.8) is 0 Å². The minimum atomic E-state index is -0.508. The summed E-state index contributed by atoms with van der Waals surface area (Å²) in [5, 5.41) is 5.90. The second-order valence-electron chi connectivity index (χ2n) is 8.53. The van der Waals surface area contributed by atoms with Crippen LogP contribution < -0.4 is 30.3 Å². The summed E-state index contributed by atoms with van der Waals surface area (Å²) in [5.74, 6) is 0.632. The van der Waals surface area contributed by atoms with Gasteiger partial charge >= 0.3 is 0 Å². The SMILES string of the molecule is COc1cc2c(c(OC)c1OC)-c1ccc(NC(=O)c3ccccc3Cl)c(=O)cc1[C@@H](NC(C)=O)CC2. The lowest BCUT2D eigenvalue weighted by atomic mass is 9.95. The molecule has 1 atom stereocenters. The van der Waals surface area contributed by atoms with Gasteiger partial charge in [-0.25, -0.2) is 0 Å². The number of carbonyl (C=O) groups excluding carboxylic acids is 2. The van der Waals surface area contributed by atoms with Crippen LogP contribution in [0, 0.1) is 0 Å². The average molecular weight is 523 g/mol. The Balaban J connectivity index is 1.94. The first-order valence-corrected chi connectivity index (χ1v) is 12.0. The molecule has 2 N–H and O–H groups in total. The van der Waals surface area contributed by atoms with E-state index in [1.165, 1.54) is 27.2 Å². The van der Waals surface area contributed by atoms with E-state index in [1.807, 2.05) is 6.07 Å². The number of amides is 2. The van der Waals surface area contributed by atoms with E-state index in [2.05, 4.69) is 10.6 Å². The number of halogens is 1. The van der Waals surface area contributed by atoms with Crippen molar-refractivity contribution in [1.29, 1.82) is 0 Å². The maximum absolute atomic E-state index is 13.3. The van der Waals surface area contributed by atoms with E-state index in [9.17, 15) is 14.4 Å². The number of benzene rings is 2. The van der Waals surface area contributed by atoms with Gasteiger partial charge in [-0.2, -0.15) is 0 Å². The van der Waals surface area contributed by atoms with Crippen molar-refractivity contribution in [1.82, 2.24) is 5.32 Å². The monoisotopic (exact) mass is 522 g/mol. The van der Waals surface area contributed by atoms with Crippen LogP contribution in [-0.4, -0.2) is 33.1 Å². The fraction of sp³-hybridized carbons (Fsp3) is 0.250. The zero-order valence-electron chi connectivity index (χ0n) is 20.9. The molecule has 3 aromatic rings. The number of ether oxygens (including phenoxy) is 3. The zero-order chi connectivity index (χ0) is 26.7. The van der Waals surface area contributed by atoms with Crippen LogP contribution in [0.15, 0.2) is 53.3 Å². The Labute approximate surface area is 219 Å². The summed E-state index contributed by atoms with van der Waals surface area (Å²) in [6.45, 7) is 1.43. The van der Waals surface area contributed by atoms with E-state index in [1.54, 1.807) is 43.5 Å². The third-order valence-electron chi connectivity index (χ3n) is 6.28. The molecular weight excluding hydrogens is 496 g/mol. The van der Waals surface area contributed by atoms with Crippen LogP contribution in [0.4, 0.5) is 5.69 Å². The number of aryl methyl sites for hydroxylation is 1. The number of carbonyl (C=O) groups is 2. The molecular formula is C28H27ClN2O6. The van der Waals surface area contributed by atoms with Crippen LogP contribution in [0.5, 0.6) is 17.2 Å².